The van der Waals surface area contributed by atoms with Gasteiger partial charge in [0.25, 0.3) is 5.91 Å². The molecule has 35 heavy (non-hydrogen) atoms. The number of carbonyl (C=O) groups is 2. The average Bonchev–Trinajstić information content (AvgIpc) is 3.40. The SMILES string of the molecule is CNC(=O)c1ccc(Nc2cc3c(cn2)cc(-c2cnn(C)c2)n3C(=O)OC(C)(C)C)c(OC)c1. The number of methoxy groups -OCH3 is 1. The largest absolute Gasteiger partial charge is 0.495 e. The second-order valence-electron chi connectivity index (χ2n) is 9.00. The molecule has 0 aliphatic rings. The Morgan fingerprint density at radius 1 is 1.09 bits per heavy atom. The van der Waals surface area contributed by atoms with Crippen LogP contribution in [0.1, 0.15) is 31.1 Å². The molecule has 0 unspecified atom stereocenters. The van der Waals surface area contributed by atoms with E-state index in [4.69, 9.17) is 9.47 Å². The molecular formula is C25H28N6O4. The smallest absolute Gasteiger partial charge is 0.419 e. The number of rotatable bonds is 5. The summed E-state index contributed by atoms with van der Waals surface area (Å²) in [5.41, 5.74) is 2.46. The maximum atomic E-state index is 13.3. The van der Waals surface area contributed by atoms with Gasteiger partial charge in [0.15, 0.2) is 0 Å². The number of carbonyl (C=O) groups excluding carboxylic acids is 2. The first kappa shape index (κ1) is 23.8. The number of nitrogens with one attached hydrogen (secondary N) is 2. The zero-order valence-corrected chi connectivity index (χ0v) is 20.5. The summed E-state index contributed by atoms with van der Waals surface area (Å²) in [5, 5.41) is 10.8. The van der Waals surface area contributed by atoms with Gasteiger partial charge >= 0.3 is 6.09 Å². The van der Waals surface area contributed by atoms with Crippen LogP contribution in [-0.4, -0.2) is 51.1 Å². The number of anilines is 2. The van der Waals surface area contributed by atoms with Crippen LogP contribution >= 0.6 is 0 Å². The highest BCUT2D eigenvalue weighted by molar-refractivity contribution is 5.97. The molecule has 0 fully saturated rings. The second-order valence-corrected chi connectivity index (χ2v) is 9.00. The van der Waals surface area contributed by atoms with E-state index in [2.05, 4.69) is 20.7 Å². The van der Waals surface area contributed by atoms with Gasteiger partial charge in [-0.3, -0.25) is 9.48 Å². The van der Waals surface area contributed by atoms with E-state index >= 15 is 0 Å². The van der Waals surface area contributed by atoms with Crippen LogP contribution in [0.3, 0.4) is 0 Å². The number of nitrogens with zero attached hydrogens (tertiary/aromatic N) is 4. The highest BCUT2D eigenvalue weighted by atomic mass is 16.6. The van der Waals surface area contributed by atoms with Crippen LogP contribution in [0.15, 0.2) is 48.9 Å². The summed E-state index contributed by atoms with van der Waals surface area (Å²) in [4.78, 5) is 29.7. The Bertz CT molecular complexity index is 1410. The zero-order chi connectivity index (χ0) is 25.3. The van der Waals surface area contributed by atoms with Crippen molar-refractivity contribution in [1.82, 2.24) is 24.6 Å². The van der Waals surface area contributed by atoms with Gasteiger partial charge in [-0.1, -0.05) is 0 Å². The molecule has 182 valence electrons. The van der Waals surface area contributed by atoms with E-state index in [-0.39, 0.29) is 5.91 Å². The summed E-state index contributed by atoms with van der Waals surface area (Å²) in [6.45, 7) is 5.47. The molecule has 4 rings (SSSR count). The predicted octanol–water partition coefficient (Wildman–Crippen LogP) is 4.33. The number of ether oxygens (including phenoxy) is 2. The first-order chi connectivity index (χ1) is 16.6. The molecule has 0 atom stereocenters. The van der Waals surface area contributed by atoms with Gasteiger partial charge in [0.2, 0.25) is 0 Å². The summed E-state index contributed by atoms with van der Waals surface area (Å²) in [5.74, 6) is 0.753. The molecule has 0 saturated heterocycles. The minimum absolute atomic E-state index is 0.215. The molecule has 0 aliphatic heterocycles. The Kier molecular flexibility index (Phi) is 6.21. The van der Waals surface area contributed by atoms with Gasteiger partial charge in [-0.2, -0.15) is 5.10 Å². The number of amides is 1. The van der Waals surface area contributed by atoms with Gasteiger partial charge in [0.1, 0.15) is 17.2 Å². The van der Waals surface area contributed by atoms with E-state index in [1.165, 1.54) is 11.7 Å². The number of aromatic nitrogens is 4. The van der Waals surface area contributed by atoms with Crippen LogP contribution in [0.2, 0.25) is 0 Å². The molecular weight excluding hydrogens is 448 g/mol. The van der Waals surface area contributed by atoms with Crippen molar-refractivity contribution in [2.24, 2.45) is 7.05 Å². The number of hydrogen-bond acceptors (Lipinski definition) is 7. The molecule has 2 N–H and O–H groups in total. The monoisotopic (exact) mass is 476 g/mol. The minimum Gasteiger partial charge on any atom is -0.495 e. The Morgan fingerprint density at radius 2 is 1.86 bits per heavy atom. The first-order valence-corrected chi connectivity index (χ1v) is 11.0. The van der Waals surface area contributed by atoms with Crippen LogP contribution in [0, 0.1) is 0 Å². The molecule has 10 heteroatoms. The van der Waals surface area contributed by atoms with Crippen molar-refractivity contribution in [3.63, 3.8) is 0 Å². The second kappa shape index (κ2) is 9.13. The summed E-state index contributed by atoms with van der Waals surface area (Å²) in [6, 6.07) is 8.72. The highest BCUT2D eigenvalue weighted by Crippen LogP contribution is 2.32. The van der Waals surface area contributed by atoms with E-state index in [1.807, 2.05) is 40.1 Å². The summed E-state index contributed by atoms with van der Waals surface area (Å²) < 4.78 is 14.4. The van der Waals surface area contributed by atoms with E-state index in [9.17, 15) is 9.59 Å². The number of hydrogen-bond donors (Lipinski definition) is 2. The molecule has 0 spiro atoms. The van der Waals surface area contributed by atoms with Gasteiger partial charge in [-0.15, -0.1) is 0 Å². The molecule has 0 saturated carbocycles. The van der Waals surface area contributed by atoms with Gasteiger partial charge < -0.3 is 20.1 Å². The van der Waals surface area contributed by atoms with E-state index in [1.54, 1.807) is 48.4 Å². The third-order valence-corrected chi connectivity index (χ3v) is 5.22. The molecule has 4 aromatic rings. The minimum atomic E-state index is -0.673. The van der Waals surface area contributed by atoms with Gasteiger partial charge in [0, 0.05) is 49.1 Å². The summed E-state index contributed by atoms with van der Waals surface area (Å²) >= 11 is 0. The maximum Gasteiger partial charge on any atom is 0.419 e. The fourth-order valence-electron chi connectivity index (χ4n) is 3.66. The van der Waals surface area contributed by atoms with E-state index in [0.29, 0.717) is 34.0 Å². The summed E-state index contributed by atoms with van der Waals surface area (Å²) in [7, 11) is 4.91. The first-order valence-electron chi connectivity index (χ1n) is 11.0. The fourth-order valence-corrected chi connectivity index (χ4v) is 3.66. The lowest BCUT2D eigenvalue weighted by Gasteiger charge is -2.21. The van der Waals surface area contributed by atoms with Crippen LogP contribution < -0.4 is 15.4 Å². The van der Waals surface area contributed by atoms with E-state index in [0.717, 1.165) is 10.9 Å². The predicted molar refractivity (Wildman–Crippen MR) is 133 cm³/mol. The van der Waals surface area contributed by atoms with Crippen molar-refractivity contribution < 1.29 is 19.1 Å². The fraction of sp³-hybridized carbons (Fsp3) is 0.280. The van der Waals surface area contributed by atoms with Crippen molar-refractivity contribution in [2.75, 3.05) is 19.5 Å². The van der Waals surface area contributed by atoms with Gasteiger partial charge in [-0.05, 0) is 45.0 Å². The number of aryl methyl sites for hydroxylation is 1. The summed E-state index contributed by atoms with van der Waals surface area (Å²) in [6.07, 6.45) is 4.71. The lowest BCUT2D eigenvalue weighted by molar-refractivity contribution is 0.0547. The van der Waals surface area contributed by atoms with Crippen molar-refractivity contribution >= 4 is 34.4 Å². The third-order valence-electron chi connectivity index (χ3n) is 5.22. The van der Waals surface area contributed by atoms with Crippen LogP contribution in [-0.2, 0) is 11.8 Å². The molecule has 3 heterocycles. The average molecular weight is 477 g/mol. The lowest BCUT2D eigenvalue weighted by atomic mass is 10.1. The lowest BCUT2D eigenvalue weighted by Crippen LogP contribution is -2.27. The Hall–Kier alpha value is -4.34. The van der Waals surface area contributed by atoms with Crippen LogP contribution in [0.5, 0.6) is 5.75 Å². The van der Waals surface area contributed by atoms with Crippen molar-refractivity contribution in [1.29, 1.82) is 0 Å². The molecule has 10 nitrogen and oxygen atoms in total. The Morgan fingerprint density at radius 3 is 2.49 bits per heavy atom. The van der Waals surface area contributed by atoms with Crippen molar-refractivity contribution in [2.45, 2.75) is 26.4 Å². The molecule has 0 aliphatic carbocycles. The number of pyridine rings is 1. The van der Waals surface area contributed by atoms with Gasteiger partial charge in [-0.25, -0.2) is 14.3 Å². The highest BCUT2D eigenvalue weighted by Gasteiger charge is 2.24. The van der Waals surface area contributed by atoms with Crippen molar-refractivity contribution in [3.8, 4) is 17.0 Å². The zero-order valence-electron chi connectivity index (χ0n) is 20.5. The Balaban J connectivity index is 1.79. The number of benzene rings is 1. The molecule has 0 bridgehead atoms. The van der Waals surface area contributed by atoms with Crippen molar-refractivity contribution in [3.05, 3.63) is 54.5 Å². The molecule has 1 aromatic carbocycles. The molecule has 3 aromatic heterocycles. The quantitative estimate of drug-likeness (QED) is 0.441. The maximum absolute atomic E-state index is 13.3. The van der Waals surface area contributed by atoms with Crippen LogP contribution in [0.4, 0.5) is 16.3 Å². The number of fused-ring (bicyclic) bond motifs is 1. The Labute approximate surface area is 202 Å². The van der Waals surface area contributed by atoms with E-state index < -0.39 is 11.7 Å². The topological polar surface area (TPSA) is 112 Å². The van der Waals surface area contributed by atoms with Gasteiger partial charge in [0.05, 0.1) is 30.2 Å². The molecule has 0 radical (unpaired) electrons. The standard InChI is InChI=1S/C25H28N6O4/c1-25(2,3)35-24(33)31-19(17-13-28-30(5)14-17)9-16-12-27-22(11-20(16)31)29-18-8-7-15(23(32)26-4)10-21(18)34-6/h7-14H,1-6H3,(H,26,32)(H,27,29). The third kappa shape index (κ3) is 4.96. The molecule has 1 amide bonds. The van der Waals surface area contributed by atoms with Crippen LogP contribution in [0.25, 0.3) is 22.2 Å². The normalized spacial score (nSPS) is 11.4.